The first kappa shape index (κ1) is 19.2. The molecule has 2 unspecified atom stereocenters. The Morgan fingerprint density at radius 1 is 1.26 bits per heavy atom. The highest BCUT2D eigenvalue weighted by atomic mass is 32.1. The molecule has 2 atom stereocenters. The molecule has 4 rings (SSSR count). The molecule has 2 aromatic heterocycles. The van der Waals surface area contributed by atoms with Crippen LogP contribution in [0.1, 0.15) is 28.9 Å². The Bertz CT molecular complexity index is 942. The Hall–Kier alpha value is -2.59. The van der Waals surface area contributed by atoms with Crippen molar-refractivity contribution in [1.29, 1.82) is 0 Å². The summed E-state index contributed by atoms with van der Waals surface area (Å²) in [7, 11) is 0. The van der Waals surface area contributed by atoms with Gasteiger partial charge in [-0.25, -0.2) is 9.78 Å². The molecule has 2 aromatic rings. The van der Waals surface area contributed by atoms with Gasteiger partial charge in [0, 0.05) is 18.3 Å². The molecule has 0 saturated heterocycles. The summed E-state index contributed by atoms with van der Waals surface area (Å²) in [4.78, 5) is 41.7. The van der Waals surface area contributed by atoms with Gasteiger partial charge in [-0.15, -0.1) is 11.3 Å². The second kappa shape index (κ2) is 7.57. The monoisotopic (exact) mass is 405 g/mol. The predicted octanol–water partition coefficient (Wildman–Crippen LogP) is 2.32. The molecule has 8 nitrogen and oxygen atoms in total. The van der Waals surface area contributed by atoms with Crippen molar-refractivity contribution in [3.05, 3.63) is 29.8 Å². The average Bonchev–Trinajstić information content (AvgIpc) is 3.20. The zero-order chi connectivity index (χ0) is 18.3. The van der Waals surface area contributed by atoms with Crippen LogP contribution >= 0.6 is 24.8 Å². The number of rotatable bonds is 4. The maximum absolute atomic E-state index is 12.9. The molecule has 0 bridgehead atoms. The van der Waals surface area contributed by atoms with E-state index in [1.807, 2.05) is 0 Å². The number of hydrogen-bond donors (Lipinski definition) is 4. The molecule has 3 heterocycles. The molecule has 1 aliphatic heterocycles. The summed E-state index contributed by atoms with van der Waals surface area (Å²) in [5.41, 5.74) is 1.13. The van der Waals surface area contributed by atoms with Crippen LogP contribution in [-0.2, 0) is 4.79 Å². The van der Waals surface area contributed by atoms with Crippen LogP contribution in [0, 0.1) is 0 Å². The van der Waals surface area contributed by atoms with Crippen molar-refractivity contribution in [2.45, 2.75) is 31.3 Å². The summed E-state index contributed by atoms with van der Waals surface area (Å²) < 4.78 is 0. The van der Waals surface area contributed by atoms with Crippen LogP contribution < -0.4 is 21.3 Å². The van der Waals surface area contributed by atoms with Crippen molar-refractivity contribution in [2.24, 2.45) is 0 Å². The number of nitrogens with zero attached hydrogens (tertiary/aromatic N) is 1. The lowest BCUT2D eigenvalue weighted by Crippen LogP contribution is -2.48. The first-order chi connectivity index (χ1) is 12.6. The van der Waals surface area contributed by atoms with Crippen molar-refractivity contribution in [2.75, 3.05) is 10.6 Å². The fraction of sp³-hybridized carbons (Fsp3) is 0.294. The van der Waals surface area contributed by atoms with Crippen LogP contribution in [0.5, 0.6) is 0 Å². The molecule has 1 fully saturated rings. The predicted molar refractivity (Wildman–Crippen MR) is 110 cm³/mol. The number of thiophene rings is 1. The van der Waals surface area contributed by atoms with Gasteiger partial charge in [0.15, 0.2) is 0 Å². The van der Waals surface area contributed by atoms with Crippen molar-refractivity contribution < 1.29 is 14.4 Å². The maximum Gasteiger partial charge on any atom is 0.323 e. The first-order valence-electron chi connectivity index (χ1n) is 8.30. The topological polar surface area (TPSA) is 112 Å². The highest BCUT2D eigenvalue weighted by Gasteiger charge is 2.32. The molecule has 1 aliphatic carbocycles. The molecule has 0 aromatic carbocycles. The number of urea groups is 1. The Morgan fingerprint density at radius 2 is 2.00 bits per heavy atom. The third-order valence-corrected chi connectivity index (χ3v) is 5.73. The first-order valence-corrected chi connectivity index (χ1v) is 9.12. The normalized spacial score (nSPS) is 20.2. The molecule has 2 aliphatic rings. The number of hydrogen-bond acceptors (Lipinski definition) is 5. The summed E-state index contributed by atoms with van der Waals surface area (Å²) in [6.07, 6.45) is 5.33. The zero-order valence-corrected chi connectivity index (χ0v) is 16.1. The summed E-state index contributed by atoms with van der Waals surface area (Å²) >= 11 is 1.23. The molecule has 27 heavy (non-hydrogen) atoms. The number of carbonyl (C=O) groups is 3. The summed E-state index contributed by atoms with van der Waals surface area (Å²) in [6.45, 7) is 3.45. The smallest absolute Gasteiger partial charge is 0.323 e. The largest absolute Gasteiger partial charge is 0.348 e. The lowest BCUT2D eigenvalue weighted by atomic mass is 10.1. The summed E-state index contributed by atoms with van der Waals surface area (Å²) in [5, 5.41) is 12.0. The molecular weight excluding hydrogens is 386 g/mol. The molecule has 0 radical (unpaired) electrons. The molecule has 10 heteroatoms. The van der Waals surface area contributed by atoms with E-state index in [2.05, 4.69) is 32.8 Å². The van der Waals surface area contributed by atoms with Crippen molar-refractivity contribution >= 4 is 64.3 Å². The lowest BCUT2D eigenvalue weighted by Gasteiger charge is -2.22. The van der Waals surface area contributed by atoms with E-state index in [0.717, 1.165) is 24.6 Å². The average molecular weight is 406 g/mol. The second-order valence-electron chi connectivity index (χ2n) is 6.25. The van der Waals surface area contributed by atoms with Gasteiger partial charge in [-0.1, -0.05) is 6.58 Å². The second-order valence-corrected chi connectivity index (χ2v) is 7.25. The summed E-state index contributed by atoms with van der Waals surface area (Å²) in [5.74, 6) is -0.527. The van der Waals surface area contributed by atoms with Gasteiger partial charge >= 0.3 is 6.03 Å². The Kier molecular flexibility index (Phi) is 5.38. The molecule has 4 amide bonds. The number of aromatic nitrogens is 1. The molecule has 4 N–H and O–H groups in total. The SMILES string of the molecule is C=CC(=O)NC1CCCC1NC(=O)c1sc2nccc3c2c1NC(=O)N3.S. The highest BCUT2D eigenvalue weighted by molar-refractivity contribution is 7.59. The molecule has 0 spiro atoms. The number of nitrogens with one attached hydrogen (secondary N) is 4. The van der Waals surface area contributed by atoms with Gasteiger partial charge in [0.1, 0.15) is 9.71 Å². The number of carbonyl (C=O) groups excluding carboxylic acids is 3. The van der Waals surface area contributed by atoms with Crippen LogP contribution in [0.4, 0.5) is 16.2 Å². The zero-order valence-electron chi connectivity index (χ0n) is 14.3. The van der Waals surface area contributed by atoms with Crippen LogP contribution in [-0.4, -0.2) is 34.9 Å². The van der Waals surface area contributed by atoms with Crippen LogP contribution in [0.15, 0.2) is 24.9 Å². The molecule has 142 valence electrons. The maximum atomic E-state index is 12.9. The van der Waals surface area contributed by atoms with E-state index in [4.69, 9.17) is 0 Å². The highest BCUT2D eigenvalue weighted by Crippen LogP contribution is 2.41. The minimum atomic E-state index is -0.380. The van der Waals surface area contributed by atoms with Gasteiger partial charge in [-0.3, -0.25) is 9.59 Å². The van der Waals surface area contributed by atoms with Gasteiger partial charge in [-0.05, 0) is 31.4 Å². The quantitative estimate of drug-likeness (QED) is 0.585. The van der Waals surface area contributed by atoms with Crippen LogP contribution in [0.2, 0.25) is 0 Å². The molecular formula is C17H19N5O3S2. The van der Waals surface area contributed by atoms with E-state index < -0.39 is 0 Å². The van der Waals surface area contributed by atoms with E-state index in [-0.39, 0.29) is 43.4 Å². The number of amides is 4. The van der Waals surface area contributed by atoms with E-state index in [1.54, 1.807) is 12.3 Å². The van der Waals surface area contributed by atoms with Crippen molar-refractivity contribution in [1.82, 2.24) is 15.6 Å². The minimum Gasteiger partial charge on any atom is -0.348 e. The van der Waals surface area contributed by atoms with E-state index >= 15 is 0 Å². The third-order valence-electron chi connectivity index (χ3n) is 4.63. The summed E-state index contributed by atoms with van der Waals surface area (Å²) in [6, 6.07) is 1.04. The Labute approximate surface area is 166 Å². The fourth-order valence-electron chi connectivity index (χ4n) is 3.45. The van der Waals surface area contributed by atoms with E-state index in [0.29, 0.717) is 21.1 Å². The van der Waals surface area contributed by atoms with Gasteiger partial charge in [0.25, 0.3) is 5.91 Å². The van der Waals surface area contributed by atoms with Gasteiger partial charge in [0.2, 0.25) is 5.91 Å². The van der Waals surface area contributed by atoms with Gasteiger partial charge in [0.05, 0.1) is 16.8 Å². The fourth-order valence-corrected chi connectivity index (χ4v) is 4.48. The van der Waals surface area contributed by atoms with Crippen LogP contribution in [0.25, 0.3) is 10.2 Å². The number of pyridine rings is 1. The Balaban J connectivity index is 0.00000210. The Morgan fingerprint density at radius 3 is 2.74 bits per heavy atom. The third kappa shape index (κ3) is 3.50. The minimum absolute atomic E-state index is 0. The standard InChI is InChI=1S/C17H17N5O3S.H2S/c1-2-11(23)19-8-4-3-5-9(8)20-15(24)14-13-12-10(21-17(25)22-13)6-7-18-16(12)26-14;/h2,6-9H,1,3-5H2,(H,19,23)(H,20,24)(H2,21,22,25);1H2. The van der Waals surface area contributed by atoms with E-state index in [9.17, 15) is 14.4 Å². The van der Waals surface area contributed by atoms with Crippen molar-refractivity contribution in [3.8, 4) is 0 Å². The van der Waals surface area contributed by atoms with Gasteiger partial charge in [-0.2, -0.15) is 13.5 Å². The number of anilines is 2. The van der Waals surface area contributed by atoms with Crippen molar-refractivity contribution in [3.63, 3.8) is 0 Å². The molecule has 1 saturated carbocycles. The van der Waals surface area contributed by atoms with E-state index in [1.165, 1.54) is 17.4 Å². The lowest BCUT2D eigenvalue weighted by molar-refractivity contribution is -0.117. The van der Waals surface area contributed by atoms with Gasteiger partial charge < -0.3 is 21.3 Å². The van der Waals surface area contributed by atoms with Crippen LogP contribution in [0.3, 0.4) is 0 Å².